The molecule has 12 heavy (non-hydrogen) atoms. The maximum absolute atomic E-state index is 10.4. The topological polar surface area (TPSA) is 63.3 Å². The Hall–Kier alpha value is -0.990. The average molecular weight is 171 g/mol. The van der Waals surface area contributed by atoms with Crippen LogP contribution in [0.15, 0.2) is 12.3 Å². The normalized spacial score (nSPS) is 13.9. The van der Waals surface area contributed by atoms with Crippen LogP contribution in [-0.4, -0.2) is 11.1 Å². The molecule has 0 radical (unpaired) electrons. The molecule has 0 aromatic carbocycles. The third-order valence-electron chi connectivity index (χ3n) is 1.59. The van der Waals surface area contributed by atoms with E-state index in [9.17, 15) is 4.79 Å². The highest BCUT2D eigenvalue weighted by Gasteiger charge is 2.11. The highest BCUT2D eigenvalue weighted by atomic mass is 16.4. The molecular formula is C9H17NO2. The van der Waals surface area contributed by atoms with Crippen molar-refractivity contribution in [2.45, 2.75) is 26.7 Å². The highest BCUT2D eigenvalue weighted by molar-refractivity contribution is 5.67. The number of carboxylic acid groups (broad SMARTS) is 1. The fourth-order valence-corrected chi connectivity index (χ4v) is 1.22. The van der Waals surface area contributed by atoms with Crippen molar-refractivity contribution in [1.82, 2.24) is 0 Å². The number of nitrogens with two attached hydrogens (primary N) is 1. The van der Waals surface area contributed by atoms with Gasteiger partial charge >= 0.3 is 5.97 Å². The molecule has 0 saturated heterocycles. The fraction of sp³-hybridized carbons (Fsp3) is 0.667. The van der Waals surface area contributed by atoms with Gasteiger partial charge in [0.25, 0.3) is 0 Å². The van der Waals surface area contributed by atoms with E-state index in [-0.39, 0.29) is 12.3 Å². The van der Waals surface area contributed by atoms with Gasteiger partial charge in [-0.3, -0.25) is 4.79 Å². The lowest BCUT2D eigenvalue weighted by molar-refractivity contribution is -0.137. The first-order chi connectivity index (χ1) is 5.56. The van der Waals surface area contributed by atoms with E-state index < -0.39 is 5.97 Å². The molecule has 0 aromatic rings. The van der Waals surface area contributed by atoms with Crippen molar-refractivity contribution in [2.24, 2.45) is 17.6 Å². The van der Waals surface area contributed by atoms with Crippen LogP contribution >= 0.6 is 0 Å². The van der Waals surface area contributed by atoms with E-state index in [1.807, 2.05) is 0 Å². The van der Waals surface area contributed by atoms with Crippen molar-refractivity contribution in [2.75, 3.05) is 0 Å². The van der Waals surface area contributed by atoms with E-state index >= 15 is 0 Å². The van der Waals surface area contributed by atoms with Gasteiger partial charge in [-0.1, -0.05) is 19.9 Å². The van der Waals surface area contributed by atoms with Gasteiger partial charge in [0, 0.05) is 0 Å². The number of hydrogen-bond donors (Lipinski definition) is 2. The largest absolute Gasteiger partial charge is 0.481 e. The molecule has 0 heterocycles. The van der Waals surface area contributed by atoms with Crippen LogP contribution in [0.3, 0.4) is 0 Å². The number of rotatable bonds is 5. The third-order valence-corrected chi connectivity index (χ3v) is 1.59. The highest BCUT2D eigenvalue weighted by Crippen LogP contribution is 2.16. The van der Waals surface area contributed by atoms with Gasteiger partial charge < -0.3 is 10.8 Å². The SMILES string of the molecule is CC(C)CC(/C=C/N)CC(=O)O. The van der Waals surface area contributed by atoms with Crippen LogP contribution in [0, 0.1) is 11.8 Å². The van der Waals surface area contributed by atoms with Crippen LogP contribution in [-0.2, 0) is 4.79 Å². The van der Waals surface area contributed by atoms with E-state index in [1.165, 1.54) is 6.20 Å². The first kappa shape index (κ1) is 11.0. The summed E-state index contributed by atoms with van der Waals surface area (Å²) in [5.41, 5.74) is 5.21. The Balaban J connectivity index is 3.95. The van der Waals surface area contributed by atoms with Crippen molar-refractivity contribution >= 4 is 5.97 Å². The van der Waals surface area contributed by atoms with Crippen molar-refractivity contribution in [3.63, 3.8) is 0 Å². The molecule has 3 N–H and O–H groups in total. The second kappa shape index (κ2) is 5.63. The molecule has 0 fully saturated rings. The summed E-state index contributed by atoms with van der Waals surface area (Å²) in [7, 11) is 0. The van der Waals surface area contributed by atoms with Gasteiger partial charge in [-0.2, -0.15) is 0 Å². The van der Waals surface area contributed by atoms with Crippen LogP contribution in [0.5, 0.6) is 0 Å². The maximum atomic E-state index is 10.4. The van der Waals surface area contributed by atoms with E-state index in [0.29, 0.717) is 5.92 Å². The fourth-order valence-electron chi connectivity index (χ4n) is 1.22. The van der Waals surface area contributed by atoms with E-state index in [2.05, 4.69) is 13.8 Å². The molecule has 0 aromatic heterocycles. The Morgan fingerprint density at radius 3 is 2.50 bits per heavy atom. The van der Waals surface area contributed by atoms with E-state index in [1.54, 1.807) is 6.08 Å². The summed E-state index contributed by atoms with van der Waals surface area (Å²) in [6.45, 7) is 4.14. The van der Waals surface area contributed by atoms with Crippen molar-refractivity contribution < 1.29 is 9.90 Å². The summed E-state index contributed by atoms with van der Waals surface area (Å²) in [6.07, 6.45) is 4.23. The van der Waals surface area contributed by atoms with Crippen LogP contribution < -0.4 is 5.73 Å². The molecule has 0 aliphatic heterocycles. The van der Waals surface area contributed by atoms with Crippen LogP contribution in [0.25, 0.3) is 0 Å². The molecule has 0 saturated carbocycles. The van der Waals surface area contributed by atoms with Gasteiger partial charge in [-0.25, -0.2) is 0 Å². The molecule has 0 spiro atoms. The standard InChI is InChI=1S/C9H17NO2/c1-7(2)5-8(3-4-10)6-9(11)12/h3-4,7-8H,5-6,10H2,1-2H3,(H,11,12)/b4-3+. The first-order valence-electron chi connectivity index (χ1n) is 4.16. The zero-order valence-corrected chi connectivity index (χ0v) is 7.66. The number of carboxylic acids is 1. The van der Waals surface area contributed by atoms with Crippen molar-refractivity contribution in [3.8, 4) is 0 Å². The lowest BCUT2D eigenvalue weighted by Crippen LogP contribution is -2.08. The van der Waals surface area contributed by atoms with Gasteiger partial charge in [-0.05, 0) is 24.5 Å². The maximum Gasteiger partial charge on any atom is 0.303 e. The molecule has 1 unspecified atom stereocenters. The smallest absolute Gasteiger partial charge is 0.303 e. The monoisotopic (exact) mass is 171 g/mol. The lowest BCUT2D eigenvalue weighted by Gasteiger charge is -2.11. The second-order valence-electron chi connectivity index (χ2n) is 3.37. The number of carbonyl (C=O) groups is 1. The molecule has 0 bridgehead atoms. The quantitative estimate of drug-likeness (QED) is 0.660. The Labute approximate surface area is 73.3 Å². The molecule has 0 aliphatic carbocycles. The molecule has 3 nitrogen and oxygen atoms in total. The molecule has 0 amide bonds. The zero-order valence-electron chi connectivity index (χ0n) is 7.66. The first-order valence-corrected chi connectivity index (χ1v) is 4.16. The van der Waals surface area contributed by atoms with Gasteiger partial charge in [0.2, 0.25) is 0 Å². The average Bonchev–Trinajstić information content (AvgIpc) is 1.84. The molecule has 1 atom stereocenters. The summed E-state index contributed by atoms with van der Waals surface area (Å²) in [5, 5.41) is 8.55. The second-order valence-corrected chi connectivity index (χ2v) is 3.37. The molecule has 0 rings (SSSR count). The molecule has 70 valence electrons. The lowest BCUT2D eigenvalue weighted by atomic mass is 9.94. The minimum absolute atomic E-state index is 0.0764. The Bertz CT molecular complexity index is 164. The molecular weight excluding hydrogens is 154 g/mol. The number of aliphatic carboxylic acids is 1. The van der Waals surface area contributed by atoms with Gasteiger partial charge in [0.15, 0.2) is 0 Å². The minimum Gasteiger partial charge on any atom is -0.481 e. The Morgan fingerprint density at radius 2 is 2.17 bits per heavy atom. The summed E-state index contributed by atoms with van der Waals surface area (Å²) in [5.74, 6) is -0.184. The minimum atomic E-state index is -0.765. The summed E-state index contributed by atoms with van der Waals surface area (Å²) >= 11 is 0. The summed E-state index contributed by atoms with van der Waals surface area (Å²) in [6, 6.07) is 0. The van der Waals surface area contributed by atoms with E-state index in [0.717, 1.165) is 6.42 Å². The van der Waals surface area contributed by atoms with Gasteiger partial charge in [0.05, 0.1) is 6.42 Å². The predicted octanol–water partition coefficient (Wildman–Crippen LogP) is 1.60. The van der Waals surface area contributed by atoms with E-state index in [4.69, 9.17) is 10.8 Å². The number of allylic oxidation sites excluding steroid dienone is 1. The van der Waals surface area contributed by atoms with Crippen LogP contribution in [0.1, 0.15) is 26.7 Å². The Kier molecular flexibility index (Phi) is 5.17. The van der Waals surface area contributed by atoms with Crippen LogP contribution in [0.4, 0.5) is 0 Å². The zero-order chi connectivity index (χ0) is 9.56. The predicted molar refractivity (Wildman–Crippen MR) is 48.5 cm³/mol. The molecule has 3 heteroatoms. The van der Waals surface area contributed by atoms with Gasteiger partial charge in [0.1, 0.15) is 0 Å². The summed E-state index contributed by atoms with van der Waals surface area (Å²) < 4.78 is 0. The third kappa shape index (κ3) is 5.77. The molecule has 0 aliphatic rings. The van der Waals surface area contributed by atoms with Crippen molar-refractivity contribution in [1.29, 1.82) is 0 Å². The van der Waals surface area contributed by atoms with Crippen molar-refractivity contribution in [3.05, 3.63) is 12.3 Å². The summed E-state index contributed by atoms with van der Waals surface area (Å²) in [4.78, 5) is 10.4. The number of hydrogen-bond acceptors (Lipinski definition) is 2. The van der Waals surface area contributed by atoms with Gasteiger partial charge in [-0.15, -0.1) is 0 Å². The Morgan fingerprint density at radius 1 is 1.58 bits per heavy atom. The van der Waals surface area contributed by atoms with Crippen LogP contribution in [0.2, 0.25) is 0 Å².